The molecule has 2 atom stereocenters. The van der Waals surface area contributed by atoms with Crippen LogP contribution in [0.3, 0.4) is 0 Å². The first-order valence-electron chi connectivity index (χ1n) is 23.8. The first kappa shape index (κ1) is 51.9. The van der Waals surface area contributed by atoms with Gasteiger partial charge in [0.15, 0.2) is 13.2 Å². The van der Waals surface area contributed by atoms with Crippen LogP contribution in [0.2, 0.25) is 0 Å². The minimum Gasteiger partial charge on any atom is -0.507 e. The van der Waals surface area contributed by atoms with Crippen molar-refractivity contribution in [1.29, 1.82) is 0 Å². The van der Waals surface area contributed by atoms with Gasteiger partial charge in [-0.3, -0.25) is 9.59 Å². The molecule has 5 rings (SSSR count). The zero-order valence-corrected chi connectivity index (χ0v) is 42.3. The number of benzene rings is 4. The number of carbonyl (C=O) groups is 2. The number of amides is 2. The van der Waals surface area contributed by atoms with Crippen LogP contribution in [0, 0.1) is 0 Å². The number of nitrogens with one attached hydrogen (secondary N) is 2. The van der Waals surface area contributed by atoms with E-state index in [2.05, 4.69) is 142 Å². The van der Waals surface area contributed by atoms with Gasteiger partial charge in [-0.2, -0.15) is 0 Å². The largest absolute Gasteiger partial charge is 0.507 e. The quantitative estimate of drug-likeness (QED) is 0.0723. The van der Waals surface area contributed by atoms with Crippen LogP contribution in [0.4, 0.5) is 0 Å². The van der Waals surface area contributed by atoms with Crippen molar-refractivity contribution in [2.45, 2.75) is 169 Å². The average Bonchev–Trinajstić information content (AvgIpc) is 3.21. The highest BCUT2D eigenvalue weighted by Crippen LogP contribution is 2.44. The summed E-state index contributed by atoms with van der Waals surface area (Å²) in [5.74, 6) is 0.555. The van der Waals surface area contributed by atoms with Crippen LogP contribution < -0.4 is 20.1 Å². The molecule has 0 saturated carbocycles. The van der Waals surface area contributed by atoms with Crippen LogP contribution in [0.15, 0.2) is 48.5 Å². The fraction of sp³-hybridized carbons (Fsp3) is 0.536. The third-order valence-corrected chi connectivity index (χ3v) is 12.9. The molecule has 0 spiro atoms. The molecule has 1 aliphatic rings. The second-order valence-electron chi connectivity index (χ2n) is 22.5. The van der Waals surface area contributed by atoms with Crippen LogP contribution in [-0.4, -0.2) is 70.8 Å². The molecule has 4 aromatic carbocycles. The second kappa shape index (κ2) is 20.4. The van der Waals surface area contributed by atoms with Gasteiger partial charge in [0.1, 0.15) is 23.0 Å². The number of fused-ring (bicyclic) bond motifs is 8. The van der Waals surface area contributed by atoms with Crippen molar-refractivity contribution < 1.29 is 39.5 Å². The van der Waals surface area contributed by atoms with E-state index in [0.29, 0.717) is 46.6 Å². The molecule has 6 N–H and O–H groups in total. The Morgan fingerprint density at radius 1 is 0.470 bits per heavy atom. The third kappa shape index (κ3) is 12.7. The summed E-state index contributed by atoms with van der Waals surface area (Å²) in [6.45, 7) is 28.6. The lowest BCUT2D eigenvalue weighted by Crippen LogP contribution is -2.39. The molecule has 66 heavy (non-hydrogen) atoms. The molecular formula is C56H78N2O8. The molecule has 0 aromatic heterocycles. The Labute approximate surface area is 394 Å². The maximum absolute atomic E-state index is 13.4. The Morgan fingerprint density at radius 3 is 0.894 bits per heavy atom. The van der Waals surface area contributed by atoms with E-state index in [9.17, 15) is 30.0 Å². The van der Waals surface area contributed by atoms with Gasteiger partial charge >= 0.3 is 0 Å². The van der Waals surface area contributed by atoms with Gasteiger partial charge in [-0.15, -0.1) is 0 Å². The molecule has 10 nitrogen and oxygen atoms in total. The van der Waals surface area contributed by atoms with E-state index in [1.165, 1.54) is 0 Å². The number of phenols is 2. The zero-order chi connectivity index (χ0) is 49.1. The first-order valence-corrected chi connectivity index (χ1v) is 23.8. The second-order valence-corrected chi connectivity index (χ2v) is 22.5. The molecule has 0 unspecified atom stereocenters. The number of aliphatic hydroxyl groups excluding tert-OH is 2. The molecule has 10 heteroatoms. The number of ether oxygens (including phenoxy) is 2. The van der Waals surface area contributed by atoms with Crippen LogP contribution in [0.1, 0.15) is 177 Å². The smallest absolute Gasteiger partial charge is 0.258 e. The SMILES string of the molecule is CC[C@H](CO)NC(=O)COc1c2cc(C(C)(C)C)cc1Cc1cc(C(C)(C)C)cc(c1O)Cc1cc(C(C)(C)C)cc(c1OCC(=O)N[C@H](CC)CO)Cc1cc(C(C)(C)C)cc(c1O)C2. The van der Waals surface area contributed by atoms with E-state index in [1.807, 2.05) is 13.8 Å². The Kier molecular flexibility index (Phi) is 16.1. The maximum atomic E-state index is 13.4. The van der Waals surface area contributed by atoms with Crippen LogP contribution in [0.5, 0.6) is 23.0 Å². The molecule has 1 aliphatic carbocycles. The highest BCUT2D eigenvalue weighted by Gasteiger charge is 2.29. The normalized spacial score (nSPS) is 14.3. The number of aromatic hydroxyl groups is 2. The first-order chi connectivity index (χ1) is 30.7. The summed E-state index contributed by atoms with van der Waals surface area (Å²) in [6, 6.07) is 15.9. The number of aliphatic hydroxyl groups is 2. The molecule has 4 aromatic rings. The van der Waals surface area contributed by atoms with Crippen LogP contribution in [-0.2, 0) is 56.9 Å². The number of carbonyl (C=O) groups excluding carboxylic acids is 2. The number of hydrogen-bond acceptors (Lipinski definition) is 8. The predicted molar refractivity (Wildman–Crippen MR) is 265 cm³/mol. The Bertz CT molecular complexity index is 2120. The monoisotopic (exact) mass is 907 g/mol. The number of rotatable bonds is 12. The highest BCUT2D eigenvalue weighted by molar-refractivity contribution is 5.78. The Balaban J connectivity index is 1.89. The summed E-state index contributed by atoms with van der Waals surface area (Å²) in [7, 11) is 0. The summed E-state index contributed by atoms with van der Waals surface area (Å²) in [5.41, 5.74) is 8.78. The summed E-state index contributed by atoms with van der Waals surface area (Å²) < 4.78 is 13.2. The van der Waals surface area contributed by atoms with E-state index in [4.69, 9.17) is 9.47 Å². The predicted octanol–water partition coefficient (Wildman–Crippen LogP) is 9.50. The molecule has 0 saturated heterocycles. The molecule has 0 fully saturated rings. The van der Waals surface area contributed by atoms with Crippen molar-refractivity contribution in [2.24, 2.45) is 0 Å². The minimum atomic E-state index is -0.408. The molecule has 2 amide bonds. The number of phenolic OH excluding ortho intramolecular Hbond substituents is 2. The Morgan fingerprint density at radius 2 is 0.697 bits per heavy atom. The van der Waals surface area contributed by atoms with Crippen LogP contribution in [0.25, 0.3) is 0 Å². The topological polar surface area (TPSA) is 158 Å². The molecule has 8 bridgehead atoms. The van der Waals surface area contributed by atoms with E-state index in [0.717, 1.165) is 44.5 Å². The number of hydrogen-bond donors (Lipinski definition) is 6. The summed E-state index contributed by atoms with van der Waals surface area (Å²) in [4.78, 5) is 26.8. The van der Waals surface area contributed by atoms with E-state index < -0.39 is 12.1 Å². The lowest BCUT2D eigenvalue weighted by atomic mass is 9.79. The van der Waals surface area contributed by atoms with Crippen molar-refractivity contribution in [1.82, 2.24) is 10.6 Å². The van der Waals surface area contributed by atoms with Gasteiger partial charge in [0.05, 0.1) is 25.3 Å². The van der Waals surface area contributed by atoms with Crippen molar-refractivity contribution >= 4 is 11.8 Å². The summed E-state index contributed by atoms with van der Waals surface area (Å²) >= 11 is 0. The molecular weight excluding hydrogens is 829 g/mol. The van der Waals surface area contributed by atoms with Crippen molar-refractivity contribution in [3.63, 3.8) is 0 Å². The van der Waals surface area contributed by atoms with Gasteiger partial charge in [-0.25, -0.2) is 0 Å². The van der Waals surface area contributed by atoms with E-state index >= 15 is 0 Å². The lowest BCUT2D eigenvalue weighted by molar-refractivity contribution is -0.124. The van der Waals surface area contributed by atoms with Gasteiger partial charge < -0.3 is 40.5 Å². The molecule has 0 radical (unpaired) electrons. The van der Waals surface area contributed by atoms with Gasteiger partial charge in [0.2, 0.25) is 0 Å². The maximum Gasteiger partial charge on any atom is 0.258 e. The zero-order valence-electron chi connectivity index (χ0n) is 42.3. The van der Waals surface area contributed by atoms with Crippen molar-refractivity contribution in [3.05, 3.63) is 115 Å². The van der Waals surface area contributed by atoms with Gasteiger partial charge in [-0.1, -0.05) is 145 Å². The van der Waals surface area contributed by atoms with Crippen LogP contribution >= 0.6 is 0 Å². The van der Waals surface area contributed by atoms with E-state index in [1.54, 1.807) is 0 Å². The molecule has 0 heterocycles. The van der Waals surface area contributed by atoms with Gasteiger partial charge in [0.25, 0.3) is 11.8 Å². The van der Waals surface area contributed by atoms with E-state index in [-0.39, 0.29) is 97.1 Å². The standard InChI is InChI=1S/C56H78N2O8/c1-15-45(29-59)57-47(61)31-65-51-37-17-33-21-41(53(3,4)5)23-35(49(33)63)19-39-27-44(56(12,13)14)28-40(52(39)66-32-48(62)58-46(16-2)30-60)20-36-24-42(54(6,7)8)22-34(50(36)64)18-38(51)26-43(25-37)55(9,10)11/h21-28,45-46,59-60,63-64H,15-20,29-32H2,1-14H3,(H,57,61)(H,58,62)/t45-,46-/m1/s1. The minimum absolute atomic E-state index is 0.132. The highest BCUT2D eigenvalue weighted by atomic mass is 16.5. The fourth-order valence-corrected chi connectivity index (χ4v) is 8.38. The summed E-state index contributed by atoms with van der Waals surface area (Å²) in [5, 5.41) is 50.6. The summed E-state index contributed by atoms with van der Waals surface area (Å²) in [6.07, 6.45) is 2.19. The van der Waals surface area contributed by atoms with Gasteiger partial charge in [0, 0.05) is 25.7 Å². The lowest BCUT2D eigenvalue weighted by Gasteiger charge is -2.28. The Hall–Kier alpha value is -5.06. The van der Waals surface area contributed by atoms with Gasteiger partial charge in [-0.05, 0) is 101 Å². The molecule has 360 valence electrons. The fourth-order valence-electron chi connectivity index (χ4n) is 8.38. The average molecular weight is 907 g/mol. The van der Waals surface area contributed by atoms with Crippen molar-refractivity contribution in [3.8, 4) is 23.0 Å². The molecule has 0 aliphatic heterocycles. The van der Waals surface area contributed by atoms with Crippen molar-refractivity contribution in [2.75, 3.05) is 26.4 Å². The third-order valence-electron chi connectivity index (χ3n) is 12.9.